The topological polar surface area (TPSA) is 81.9 Å². The molecule has 7 heteroatoms. The molecule has 0 spiro atoms. The lowest BCUT2D eigenvalue weighted by molar-refractivity contribution is -0.140. The lowest BCUT2D eigenvalue weighted by atomic mass is 10.1. The van der Waals surface area contributed by atoms with Gasteiger partial charge in [0.05, 0.1) is 24.8 Å². The molecular formula is C21H28N2O5. The Labute approximate surface area is 165 Å². The smallest absolute Gasteiger partial charge is 0.307 e. The predicted molar refractivity (Wildman–Crippen MR) is 104 cm³/mol. The summed E-state index contributed by atoms with van der Waals surface area (Å²) in [6.45, 7) is 9.03. The van der Waals surface area contributed by atoms with Gasteiger partial charge in [0.2, 0.25) is 0 Å². The summed E-state index contributed by atoms with van der Waals surface area (Å²) in [5.41, 5.74) is 2.28. The first-order valence-electron chi connectivity index (χ1n) is 9.32. The normalized spacial score (nSPS) is 10.8. The number of hydrogen-bond donors (Lipinski definition) is 0. The van der Waals surface area contributed by atoms with Crippen molar-refractivity contribution in [3.05, 3.63) is 46.8 Å². The molecule has 0 fully saturated rings. The fraction of sp³-hybridized carbons (Fsp3) is 0.476. The summed E-state index contributed by atoms with van der Waals surface area (Å²) < 4.78 is 15.6. The van der Waals surface area contributed by atoms with Crippen molar-refractivity contribution < 1.29 is 23.6 Å². The van der Waals surface area contributed by atoms with Gasteiger partial charge in [-0.25, -0.2) is 0 Å². The molecule has 1 heterocycles. The lowest BCUT2D eigenvalue weighted by Crippen LogP contribution is -2.36. The van der Waals surface area contributed by atoms with Crippen molar-refractivity contribution in [2.45, 2.75) is 40.7 Å². The Kier molecular flexibility index (Phi) is 7.61. The van der Waals surface area contributed by atoms with Crippen LogP contribution in [0.5, 0.6) is 5.75 Å². The van der Waals surface area contributed by atoms with Crippen LogP contribution in [0.2, 0.25) is 0 Å². The molecule has 0 unspecified atom stereocenters. The predicted octanol–water partition coefficient (Wildman–Crippen LogP) is 3.53. The Morgan fingerprint density at radius 2 is 1.86 bits per heavy atom. The maximum atomic E-state index is 12.8. The van der Waals surface area contributed by atoms with E-state index in [9.17, 15) is 9.59 Å². The summed E-state index contributed by atoms with van der Waals surface area (Å²) in [7, 11) is 1.35. The van der Waals surface area contributed by atoms with Crippen LogP contribution in [0.3, 0.4) is 0 Å². The zero-order valence-electron chi connectivity index (χ0n) is 17.2. The fourth-order valence-electron chi connectivity index (χ4n) is 2.78. The van der Waals surface area contributed by atoms with Gasteiger partial charge in [-0.05, 0) is 44.0 Å². The number of amides is 1. The van der Waals surface area contributed by atoms with Crippen LogP contribution in [0.4, 0.5) is 0 Å². The number of carbonyl (C=O) groups is 2. The summed E-state index contributed by atoms with van der Waals surface area (Å²) in [4.78, 5) is 26.0. The van der Waals surface area contributed by atoms with E-state index in [1.54, 1.807) is 29.2 Å². The molecule has 0 bridgehead atoms. The van der Waals surface area contributed by atoms with Gasteiger partial charge in [0.15, 0.2) is 0 Å². The van der Waals surface area contributed by atoms with E-state index in [0.29, 0.717) is 36.9 Å². The third kappa shape index (κ3) is 5.84. The van der Waals surface area contributed by atoms with Crippen molar-refractivity contribution in [3.63, 3.8) is 0 Å². The maximum Gasteiger partial charge on any atom is 0.307 e. The molecule has 1 amide bonds. The third-order valence-electron chi connectivity index (χ3n) is 4.35. The number of aromatic nitrogens is 1. The Bertz CT molecular complexity index is 776. The Morgan fingerprint density at radius 3 is 2.39 bits per heavy atom. The van der Waals surface area contributed by atoms with E-state index in [1.807, 2.05) is 27.7 Å². The molecule has 0 N–H and O–H groups in total. The Hall–Kier alpha value is -2.83. The Balaban J connectivity index is 2.02. The number of esters is 1. The minimum absolute atomic E-state index is 0.116. The second-order valence-corrected chi connectivity index (χ2v) is 7.09. The van der Waals surface area contributed by atoms with Gasteiger partial charge < -0.3 is 18.9 Å². The molecule has 0 aliphatic heterocycles. The maximum absolute atomic E-state index is 12.8. The van der Waals surface area contributed by atoms with E-state index in [4.69, 9.17) is 9.26 Å². The molecule has 0 atom stereocenters. The molecule has 152 valence electrons. The van der Waals surface area contributed by atoms with Gasteiger partial charge in [0.25, 0.3) is 5.91 Å². The molecule has 0 saturated heterocycles. The monoisotopic (exact) mass is 388 g/mol. The van der Waals surface area contributed by atoms with Gasteiger partial charge in [0, 0.05) is 18.7 Å². The highest BCUT2D eigenvalue weighted by Crippen LogP contribution is 2.19. The largest absolute Gasteiger partial charge is 0.489 e. The highest BCUT2D eigenvalue weighted by atomic mass is 16.5. The second-order valence-electron chi connectivity index (χ2n) is 7.09. The van der Waals surface area contributed by atoms with Crippen molar-refractivity contribution in [3.8, 4) is 5.75 Å². The van der Waals surface area contributed by atoms with Crippen molar-refractivity contribution >= 4 is 11.9 Å². The molecular weight excluding hydrogens is 360 g/mol. The Morgan fingerprint density at radius 1 is 1.18 bits per heavy atom. The first-order valence-corrected chi connectivity index (χ1v) is 9.32. The van der Waals surface area contributed by atoms with Gasteiger partial charge in [0.1, 0.15) is 18.1 Å². The number of nitrogens with zero attached hydrogens (tertiary/aromatic N) is 2. The number of methoxy groups -OCH3 is 1. The number of aryl methyl sites for hydroxylation is 2. The van der Waals surface area contributed by atoms with Crippen molar-refractivity contribution in [2.24, 2.45) is 5.92 Å². The van der Waals surface area contributed by atoms with Gasteiger partial charge in [-0.2, -0.15) is 0 Å². The zero-order chi connectivity index (χ0) is 20.7. The van der Waals surface area contributed by atoms with Gasteiger partial charge >= 0.3 is 5.97 Å². The number of hydrogen-bond acceptors (Lipinski definition) is 6. The summed E-state index contributed by atoms with van der Waals surface area (Å²) >= 11 is 0. The highest BCUT2D eigenvalue weighted by molar-refractivity contribution is 5.94. The molecule has 7 nitrogen and oxygen atoms in total. The lowest BCUT2D eigenvalue weighted by Gasteiger charge is -2.24. The average molecular weight is 388 g/mol. The average Bonchev–Trinajstić information content (AvgIpc) is 3.00. The van der Waals surface area contributed by atoms with E-state index in [0.717, 1.165) is 17.0 Å². The minimum Gasteiger partial charge on any atom is -0.489 e. The fourth-order valence-corrected chi connectivity index (χ4v) is 2.78. The van der Waals surface area contributed by atoms with Crippen LogP contribution < -0.4 is 4.74 Å². The van der Waals surface area contributed by atoms with E-state index in [2.05, 4.69) is 9.89 Å². The highest BCUT2D eigenvalue weighted by Gasteiger charge is 2.18. The van der Waals surface area contributed by atoms with Crippen LogP contribution in [0.1, 0.15) is 47.6 Å². The third-order valence-corrected chi connectivity index (χ3v) is 4.35. The number of carbonyl (C=O) groups excluding carboxylic acids is 2. The van der Waals surface area contributed by atoms with Crippen molar-refractivity contribution in [2.75, 3.05) is 20.2 Å². The molecule has 0 saturated carbocycles. The van der Waals surface area contributed by atoms with Crippen LogP contribution in [0.25, 0.3) is 0 Å². The summed E-state index contributed by atoms with van der Waals surface area (Å²) in [5.74, 6) is 1.24. The molecule has 28 heavy (non-hydrogen) atoms. The van der Waals surface area contributed by atoms with E-state index >= 15 is 0 Å². The second kappa shape index (κ2) is 9.92. The van der Waals surface area contributed by atoms with Gasteiger partial charge in [-0.3, -0.25) is 9.59 Å². The SMILES string of the molecule is COC(=O)CCN(CC(C)C)C(=O)c1ccc(OCc2c(C)noc2C)cc1. The standard InChI is InChI=1S/C21H28N2O5/c1-14(2)12-23(11-10-20(24)26-5)21(25)17-6-8-18(9-7-17)27-13-19-15(3)22-28-16(19)4/h6-9,14H,10-13H2,1-5H3. The number of rotatable bonds is 9. The van der Waals surface area contributed by atoms with E-state index in [1.165, 1.54) is 7.11 Å². The van der Waals surface area contributed by atoms with Gasteiger partial charge in [-0.1, -0.05) is 19.0 Å². The molecule has 0 aliphatic carbocycles. The van der Waals surface area contributed by atoms with Crippen LogP contribution in [-0.2, 0) is 16.1 Å². The molecule has 2 aromatic rings. The van der Waals surface area contributed by atoms with E-state index < -0.39 is 0 Å². The van der Waals surface area contributed by atoms with Crippen molar-refractivity contribution in [1.82, 2.24) is 10.1 Å². The molecule has 0 aliphatic rings. The first-order chi connectivity index (χ1) is 13.3. The van der Waals surface area contributed by atoms with Crippen LogP contribution >= 0.6 is 0 Å². The van der Waals surface area contributed by atoms with E-state index in [-0.39, 0.29) is 18.3 Å². The van der Waals surface area contributed by atoms with Crippen LogP contribution in [0.15, 0.2) is 28.8 Å². The minimum atomic E-state index is -0.329. The quantitative estimate of drug-likeness (QED) is 0.611. The molecule has 2 rings (SSSR count). The molecule has 1 aromatic heterocycles. The zero-order valence-corrected chi connectivity index (χ0v) is 17.2. The summed E-state index contributed by atoms with van der Waals surface area (Å²) in [5, 5.41) is 3.91. The van der Waals surface area contributed by atoms with Crippen LogP contribution in [0, 0.1) is 19.8 Å². The summed E-state index contributed by atoms with van der Waals surface area (Å²) in [6.07, 6.45) is 0.174. The number of benzene rings is 1. The first kappa shape index (κ1) is 21.5. The van der Waals surface area contributed by atoms with Crippen LogP contribution in [-0.4, -0.2) is 42.1 Å². The summed E-state index contributed by atoms with van der Waals surface area (Å²) in [6, 6.07) is 6.99. The van der Waals surface area contributed by atoms with Gasteiger partial charge in [-0.15, -0.1) is 0 Å². The molecule has 0 radical (unpaired) electrons. The van der Waals surface area contributed by atoms with Crippen molar-refractivity contribution in [1.29, 1.82) is 0 Å². The number of ether oxygens (including phenoxy) is 2. The molecule has 1 aromatic carbocycles.